The van der Waals surface area contributed by atoms with E-state index in [0.717, 1.165) is 5.69 Å². The van der Waals surface area contributed by atoms with E-state index in [1.807, 2.05) is 36.5 Å². The first kappa shape index (κ1) is 13.4. The van der Waals surface area contributed by atoms with Crippen LogP contribution in [0.2, 0.25) is 0 Å². The summed E-state index contributed by atoms with van der Waals surface area (Å²) in [6, 6.07) is 14.7. The zero-order valence-corrected chi connectivity index (χ0v) is 12.8. The van der Waals surface area contributed by atoms with Gasteiger partial charge in [0.25, 0.3) is 0 Å². The molecule has 0 saturated carbocycles. The molecule has 3 heteroatoms. The summed E-state index contributed by atoms with van der Waals surface area (Å²) < 4.78 is 0. The minimum absolute atomic E-state index is 1.02. The molecule has 2 aromatic carbocycles. The molecular formula is C19H21N3. The first-order valence-electron chi connectivity index (χ1n) is 8.15. The van der Waals surface area contributed by atoms with Crippen molar-refractivity contribution in [3.05, 3.63) is 59.2 Å². The van der Waals surface area contributed by atoms with Gasteiger partial charge in [-0.25, -0.2) is 0 Å². The SMILES string of the molecule is C(=NNc1ccccc1)c1cc2c3c(c1)CCCN3CCC2. The van der Waals surface area contributed by atoms with Gasteiger partial charge in [-0.1, -0.05) is 18.2 Å². The van der Waals surface area contributed by atoms with Crippen molar-refractivity contribution >= 4 is 17.6 Å². The molecule has 0 spiro atoms. The van der Waals surface area contributed by atoms with Crippen LogP contribution in [0.15, 0.2) is 47.6 Å². The van der Waals surface area contributed by atoms with Crippen LogP contribution in [-0.2, 0) is 12.8 Å². The summed E-state index contributed by atoms with van der Waals surface area (Å²) in [7, 11) is 0. The quantitative estimate of drug-likeness (QED) is 0.687. The van der Waals surface area contributed by atoms with Gasteiger partial charge in [-0.3, -0.25) is 5.43 Å². The zero-order chi connectivity index (χ0) is 14.8. The van der Waals surface area contributed by atoms with Crippen molar-refractivity contribution in [1.82, 2.24) is 0 Å². The second-order valence-electron chi connectivity index (χ2n) is 6.12. The van der Waals surface area contributed by atoms with E-state index >= 15 is 0 Å². The first-order chi connectivity index (χ1) is 10.9. The van der Waals surface area contributed by atoms with Crippen LogP contribution in [0.1, 0.15) is 29.5 Å². The Morgan fingerprint density at radius 2 is 1.64 bits per heavy atom. The maximum atomic E-state index is 4.38. The number of hydrogen-bond donors (Lipinski definition) is 1. The molecule has 2 aromatic rings. The Morgan fingerprint density at radius 3 is 2.32 bits per heavy atom. The number of para-hydroxylation sites is 1. The monoisotopic (exact) mass is 291 g/mol. The van der Waals surface area contributed by atoms with Crippen molar-refractivity contribution in [3.8, 4) is 0 Å². The first-order valence-corrected chi connectivity index (χ1v) is 8.15. The van der Waals surface area contributed by atoms with Gasteiger partial charge in [0.1, 0.15) is 0 Å². The molecular weight excluding hydrogens is 270 g/mol. The number of nitrogens with one attached hydrogen (secondary N) is 1. The van der Waals surface area contributed by atoms with Crippen LogP contribution in [0.25, 0.3) is 0 Å². The second kappa shape index (κ2) is 5.84. The molecule has 0 saturated heterocycles. The standard InChI is InChI=1S/C19H21N3/c1-2-8-18(9-3-1)21-20-14-15-12-16-6-4-10-22-11-5-7-17(13-15)19(16)22/h1-3,8-9,12-14,21H,4-7,10-11H2. The van der Waals surface area contributed by atoms with Crippen LogP contribution in [0.5, 0.6) is 0 Å². The summed E-state index contributed by atoms with van der Waals surface area (Å²) in [6.07, 6.45) is 6.89. The Balaban J connectivity index is 1.58. The van der Waals surface area contributed by atoms with Gasteiger partial charge >= 0.3 is 0 Å². The molecule has 0 atom stereocenters. The summed E-state index contributed by atoms with van der Waals surface area (Å²) >= 11 is 0. The van der Waals surface area contributed by atoms with Crippen LogP contribution >= 0.6 is 0 Å². The molecule has 2 heterocycles. The molecule has 0 aliphatic carbocycles. The molecule has 1 N–H and O–H groups in total. The van der Waals surface area contributed by atoms with Gasteiger partial charge < -0.3 is 4.90 Å². The molecule has 0 bridgehead atoms. The van der Waals surface area contributed by atoms with E-state index < -0.39 is 0 Å². The van der Waals surface area contributed by atoms with E-state index in [2.05, 4.69) is 27.6 Å². The van der Waals surface area contributed by atoms with Crippen molar-refractivity contribution in [2.45, 2.75) is 25.7 Å². The summed E-state index contributed by atoms with van der Waals surface area (Å²) in [5.74, 6) is 0. The van der Waals surface area contributed by atoms with Gasteiger partial charge in [-0.2, -0.15) is 5.10 Å². The van der Waals surface area contributed by atoms with Crippen molar-refractivity contribution < 1.29 is 0 Å². The number of anilines is 2. The van der Waals surface area contributed by atoms with Crippen LogP contribution in [-0.4, -0.2) is 19.3 Å². The normalized spacial score (nSPS) is 16.6. The highest BCUT2D eigenvalue weighted by molar-refractivity contribution is 5.83. The Morgan fingerprint density at radius 1 is 0.955 bits per heavy atom. The molecule has 2 aliphatic rings. The fourth-order valence-corrected chi connectivity index (χ4v) is 3.60. The van der Waals surface area contributed by atoms with E-state index in [0.29, 0.717) is 0 Å². The molecule has 112 valence electrons. The number of aryl methyl sites for hydroxylation is 2. The largest absolute Gasteiger partial charge is 0.371 e. The van der Waals surface area contributed by atoms with Gasteiger partial charge in [0, 0.05) is 18.8 Å². The van der Waals surface area contributed by atoms with Crippen LogP contribution in [0, 0.1) is 0 Å². The molecule has 0 radical (unpaired) electrons. The number of nitrogens with zero attached hydrogens (tertiary/aromatic N) is 2. The van der Waals surface area contributed by atoms with Crippen molar-refractivity contribution in [1.29, 1.82) is 0 Å². The van der Waals surface area contributed by atoms with E-state index in [1.54, 1.807) is 0 Å². The third kappa shape index (κ3) is 2.59. The minimum Gasteiger partial charge on any atom is -0.371 e. The smallest absolute Gasteiger partial charge is 0.0561 e. The van der Waals surface area contributed by atoms with Crippen molar-refractivity contribution in [3.63, 3.8) is 0 Å². The van der Waals surface area contributed by atoms with Crippen LogP contribution in [0.4, 0.5) is 11.4 Å². The molecule has 0 unspecified atom stereocenters. The van der Waals surface area contributed by atoms with E-state index in [4.69, 9.17) is 0 Å². The Hall–Kier alpha value is -2.29. The Bertz CT molecular complexity index is 660. The lowest BCUT2D eigenvalue weighted by Gasteiger charge is -2.37. The lowest BCUT2D eigenvalue weighted by Crippen LogP contribution is -2.34. The third-order valence-corrected chi connectivity index (χ3v) is 4.54. The maximum absolute atomic E-state index is 4.38. The lowest BCUT2D eigenvalue weighted by atomic mass is 9.90. The Labute approximate surface area is 131 Å². The van der Waals surface area contributed by atoms with Crippen LogP contribution in [0.3, 0.4) is 0 Å². The molecule has 0 amide bonds. The second-order valence-corrected chi connectivity index (χ2v) is 6.12. The van der Waals surface area contributed by atoms with Gasteiger partial charge in [0.2, 0.25) is 0 Å². The maximum Gasteiger partial charge on any atom is 0.0561 e. The highest BCUT2D eigenvalue weighted by Crippen LogP contribution is 2.35. The number of benzene rings is 2. The van der Waals surface area contributed by atoms with E-state index in [1.165, 1.54) is 61.2 Å². The van der Waals surface area contributed by atoms with Crippen LogP contribution < -0.4 is 10.3 Å². The third-order valence-electron chi connectivity index (χ3n) is 4.54. The summed E-state index contributed by atoms with van der Waals surface area (Å²) in [5, 5.41) is 4.38. The fourth-order valence-electron chi connectivity index (χ4n) is 3.60. The molecule has 2 aliphatic heterocycles. The molecule has 0 fully saturated rings. The van der Waals surface area contributed by atoms with E-state index in [9.17, 15) is 0 Å². The van der Waals surface area contributed by atoms with Gasteiger partial charge in [0.05, 0.1) is 11.9 Å². The molecule has 3 nitrogen and oxygen atoms in total. The Kier molecular flexibility index (Phi) is 3.55. The average Bonchev–Trinajstić information content (AvgIpc) is 2.56. The predicted molar refractivity (Wildman–Crippen MR) is 93.0 cm³/mol. The zero-order valence-electron chi connectivity index (χ0n) is 12.8. The summed E-state index contributed by atoms with van der Waals surface area (Å²) in [4.78, 5) is 2.57. The fraction of sp³-hybridized carbons (Fsp3) is 0.316. The average molecular weight is 291 g/mol. The topological polar surface area (TPSA) is 27.6 Å². The van der Waals surface area contributed by atoms with Gasteiger partial charge in [0.15, 0.2) is 0 Å². The van der Waals surface area contributed by atoms with Gasteiger partial charge in [-0.15, -0.1) is 0 Å². The van der Waals surface area contributed by atoms with E-state index in [-0.39, 0.29) is 0 Å². The number of hydrogen-bond acceptors (Lipinski definition) is 3. The van der Waals surface area contributed by atoms with Gasteiger partial charge in [-0.05, 0) is 66.6 Å². The summed E-state index contributed by atoms with van der Waals surface area (Å²) in [6.45, 7) is 2.45. The number of rotatable bonds is 3. The molecule has 0 aromatic heterocycles. The minimum atomic E-state index is 1.02. The lowest BCUT2D eigenvalue weighted by molar-refractivity contribution is 0.634. The molecule has 4 rings (SSSR count). The highest BCUT2D eigenvalue weighted by atomic mass is 15.3. The predicted octanol–water partition coefficient (Wildman–Crippen LogP) is 3.83. The molecule has 22 heavy (non-hydrogen) atoms. The highest BCUT2D eigenvalue weighted by Gasteiger charge is 2.23. The summed E-state index contributed by atoms with van der Waals surface area (Å²) in [5.41, 5.74) is 9.85. The number of hydrazone groups is 1. The van der Waals surface area contributed by atoms with Crippen molar-refractivity contribution in [2.75, 3.05) is 23.4 Å². The van der Waals surface area contributed by atoms with Crippen molar-refractivity contribution in [2.24, 2.45) is 5.10 Å².